The molecule has 0 saturated heterocycles. The quantitative estimate of drug-likeness (QED) is 0.700. The molecule has 2 aromatic rings. The van der Waals surface area contributed by atoms with Gasteiger partial charge in [0, 0.05) is 21.9 Å². The fourth-order valence-corrected chi connectivity index (χ4v) is 1.25. The van der Waals surface area contributed by atoms with Crippen molar-refractivity contribution in [2.45, 2.75) is 6.85 Å². The van der Waals surface area contributed by atoms with E-state index >= 15 is 0 Å². The third kappa shape index (κ3) is 2.01. The van der Waals surface area contributed by atoms with Gasteiger partial charge in [0.15, 0.2) is 0 Å². The molecule has 0 spiro atoms. The molecule has 0 unspecified atom stereocenters. The van der Waals surface area contributed by atoms with Crippen LogP contribution in [-0.2, 0) is 0 Å². The smallest absolute Gasteiger partial charge is 0.135 e. The number of benzene rings is 1. The van der Waals surface area contributed by atoms with Gasteiger partial charge in [0.25, 0.3) is 0 Å². The number of aryl methyl sites for hydroxylation is 1. The van der Waals surface area contributed by atoms with Gasteiger partial charge in [0.05, 0.1) is 5.69 Å². The molecule has 1 nitrogen and oxygen atoms in total. The minimum Gasteiger partial charge on any atom is -0.256 e. The molecule has 0 N–H and O–H groups in total. The molecule has 2 rings (SSSR count). The molecule has 0 atom stereocenters. The topological polar surface area (TPSA) is 12.9 Å². The zero-order valence-electron chi connectivity index (χ0n) is 10.7. The summed E-state index contributed by atoms with van der Waals surface area (Å²) in [5.41, 5.74) is 0.475. The van der Waals surface area contributed by atoms with E-state index in [4.69, 9.17) is 4.11 Å². The van der Waals surface area contributed by atoms with Crippen molar-refractivity contribution in [2.24, 2.45) is 0 Å². The summed E-state index contributed by atoms with van der Waals surface area (Å²) in [4.78, 5) is 3.88. The predicted molar refractivity (Wildman–Crippen MR) is 54.3 cm³/mol. The standard InChI is InChI=1S/C12H9F2N/c1-8-2-5-12(15-7-8)10-4-3-9(13)6-11(10)14/h2-7H,1H3/i1D3. The number of nitrogens with zero attached hydrogens (tertiary/aromatic N) is 1. The van der Waals surface area contributed by atoms with Crippen LogP contribution in [0.3, 0.4) is 0 Å². The fraction of sp³-hybridized carbons (Fsp3) is 0.0833. The first-order valence-electron chi connectivity index (χ1n) is 5.80. The van der Waals surface area contributed by atoms with Gasteiger partial charge in [-0.15, -0.1) is 0 Å². The molecule has 3 heteroatoms. The second-order valence-electron chi connectivity index (χ2n) is 3.06. The van der Waals surface area contributed by atoms with Crippen molar-refractivity contribution in [1.82, 2.24) is 4.98 Å². The van der Waals surface area contributed by atoms with Gasteiger partial charge in [-0.3, -0.25) is 4.98 Å². The summed E-state index contributed by atoms with van der Waals surface area (Å²) in [6, 6.07) is 5.91. The van der Waals surface area contributed by atoms with Gasteiger partial charge in [-0.25, -0.2) is 8.78 Å². The van der Waals surface area contributed by atoms with Crippen LogP contribution >= 0.6 is 0 Å². The molecular weight excluding hydrogens is 196 g/mol. The Hall–Kier alpha value is -1.77. The average Bonchev–Trinajstić information content (AvgIpc) is 2.28. The molecule has 0 radical (unpaired) electrons. The number of hydrogen-bond acceptors (Lipinski definition) is 1. The first-order valence-corrected chi connectivity index (χ1v) is 4.30. The van der Waals surface area contributed by atoms with Gasteiger partial charge in [-0.05, 0) is 30.6 Å². The molecule has 0 aliphatic carbocycles. The first kappa shape index (κ1) is 6.67. The Bertz CT molecular complexity index is 565. The highest BCUT2D eigenvalue weighted by Crippen LogP contribution is 2.21. The van der Waals surface area contributed by atoms with Gasteiger partial charge in [-0.2, -0.15) is 0 Å². The number of aromatic nitrogens is 1. The Labute approximate surface area is 90.6 Å². The lowest BCUT2D eigenvalue weighted by Gasteiger charge is -2.02. The predicted octanol–water partition coefficient (Wildman–Crippen LogP) is 3.34. The monoisotopic (exact) mass is 208 g/mol. The summed E-state index contributed by atoms with van der Waals surface area (Å²) in [6.45, 7) is -2.24. The minimum absolute atomic E-state index is 0.0776. The van der Waals surface area contributed by atoms with Crippen LogP contribution in [0.2, 0.25) is 0 Å². The average molecular weight is 208 g/mol. The highest BCUT2D eigenvalue weighted by atomic mass is 19.1. The molecule has 0 bridgehead atoms. The maximum absolute atomic E-state index is 13.5. The van der Waals surface area contributed by atoms with E-state index in [1.54, 1.807) is 0 Å². The highest BCUT2D eigenvalue weighted by molar-refractivity contribution is 5.59. The van der Waals surface area contributed by atoms with Crippen LogP contribution in [0, 0.1) is 18.5 Å². The number of hydrogen-bond donors (Lipinski definition) is 0. The molecule has 76 valence electrons. The Morgan fingerprint density at radius 3 is 2.67 bits per heavy atom. The fourth-order valence-electron chi connectivity index (χ4n) is 1.25. The van der Waals surface area contributed by atoms with E-state index in [0.717, 1.165) is 12.1 Å². The number of rotatable bonds is 1. The van der Waals surface area contributed by atoms with Crippen molar-refractivity contribution in [3.8, 4) is 11.3 Å². The Morgan fingerprint density at radius 1 is 1.20 bits per heavy atom. The SMILES string of the molecule is [2H]C([2H])([2H])c1ccc(-c2ccc(F)cc2F)nc1. The lowest BCUT2D eigenvalue weighted by molar-refractivity contribution is 0.585. The minimum atomic E-state index is -2.24. The summed E-state index contributed by atoms with van der Waals surface area (Å²) in [6.07, 6.45) is 1.17. The van der Waals surface area contributed by atoms with Crippen LogP contribution in [-0.4, -0.2) is 4.98 Å². The van der Waals surface area contributed by atoms with Crippen LogP contribution in [0.25, 0.3) is 11.3 Å². The molecule has 15 heavy (non-hydrogen) atoms. The van der Waals surface area contributed by atoms with Crippen molar-refractivity contribution in [2.75, 3.05) is 0 Å². The summed E-state index contributed by atoms with van der Waals surface area (Å²) in [5, 5.41) is 0. The summed E-state index contributed by atoms with van der Waals surface area (Å²) in [5.74, 6) is -1.40. The molecule has 0 fully saturated rings. The van der Waals surface area contributed by atoms with Crippen molar-refractivity contribution >= 4 is 0 Å². The highest BCUT2D eigenvalue weighted by Gasteiger charge is 2.06. The Morgan fingerprint density at radius 2 is 2.07 bits per heavy atom. The maximum Gasteiger partial charge on any atom is 0.135 e. The zero-order chi connectivity index (χ0) is 13.3. The number of pyridine rings is 1. The van der Waals surface area contributed by atoms with E-state index in [1.165, 1.54) is 24.4 Å². The Balaban J connectivity index is 2.41. The van der Waals surface area contributed by atoms with Crippen LogP contribution < -0.4 is 0 Å². The molecule has 1 aromatic carbocycles. The molecule has 0 amide bonds. The third-order valence-corrected chi connectivity index (χ3v) is 1.97. The van der Waals surface area contributed by atoms with Crippen LogP contribution in [0.4, 0.5) is 8.78 Å². The van der Waals surface area contributed by atoms with Crippen LogP contribution in [0.1, 0.15) is 9.68 Å². The van der Waals surface area contributed by atoms with Crippen molar-refractivity contribution in [3.05, 3.63) is 53.7 Å². The summed E-state index contributed by atoms with van der Waals surface area (Å²) in [7, 11) is 0. The van der Waals surface area contributed by atoms with Crippen molar-refractivity contribution in [3.63, 3.8) is 0 Å². The Kier molecular flexibility index (Phi) is 1.67. The van der Waals surface area contributed by atoms with E-state index in [9.17, 15) is 8.78 Å². The largest absolute Gasteiger partial charge is 0.256 e. The van der Waals surface area contributed by atoms with Gasteiger partial charge in [0.2, 0.25) is 0 Å². The van der Waals surface area contributed by atoms with Crippen molar-refractivity contribution < 1.29 is 12.9 Å². The van der Waals surface area contributed by atoms with E-state index in [-0.39, 0.29) is 16.8 Å². The first-order chi connectivity index (χ1) is 8.38. The third-order valence-electron chi connectivity index (χ3n) is 1.97. The van der Waals surface area contributed by atoms with Crippen molar-refractivity contribution in [1.29, 1.82) is 0 Å². The van der Waals surface area contributed by atoms with Crippen LogP contribution in [0.5, 0.6) is 0 Å². The van der Waals surface area contributed by atoms with Gasteiger partial charge in [0.1, 0.15) is 11.6 Å². The van der Waals surface area contributed by atoms with Gasteiger partial charge >= 0.3 is 0 Å². The van der Waals surface area contributed by atoms with E-state index < -0.39 is 18.5 Å². The lowest BCUT2D eigenvalue weighted by atomic mass is 10.1. The van der Waals surface area contributed by atoms with Gasteiger partial charge in [-0.1, -0.05) is 6.07 Å². The normalized spacial score (nSPS) is 14.1. The van der Waals surface area contributed by atoms with E-state index in [1.807, 2.05) is 0 Å². The zero-order valence-corrected chi connectivity index (χ0v) is 7.67. The molecule has 0 aliphatic heterocycles. The maximum atomic E-state index is 13.5. The lowest BCUT2D eigenvalue weighted by Crippen LogP contribution is -1.89. The second kappa shape index (κ2) is 3.77. The second-order valence-corrected chi connectivity index (χ2v) is 3.06. The molecule has 0 saturated carbocycles. The summed E-state index contributed by atoms with van der Waals surface area (Å²) >= 11 is 0. The molecule has 0 aliphatic rings. The van der Waals surface area contributed by atoms with E-state index in [0.29, 0.717) is 0 Å². The molecular formula is C12H9F2N. The number of halogens is 2. The van der Waals surface area contributed by atoms with Crippen LogP contribution in [0.15, 0.2) is 36.5 Å². The van der Waals surface area contributed by atoms with Gasteiger partial charge < -0.3 is 0 Å². The molecule has 1 aromatic heterocycles. The molecule has 1 heterocycles. The van der Waals surface area contributed by atoms with E-state index in [2.05, 4.69) is 4.98 Å². The summed E-state index contributed by atoms with van der Waals surface area (Å²) < 4.78 is 47.8.